The summed E-state index contributed by atoms with van der Waals surface area (Å²) >= 11 is 0. The Hall–Kier alpha value is -3.24. The molecule has 1 aliphatic carbocycles. The minimum atomic E-state index is 0. The topological polar surface area (TPSA) is 97.6 Å². The number of likely N-dealkylation sites (N-methyl/N-ethyl adjacent to an activating group) is 1. The van der Waals surface area contributed by atoms with Crippen molar-refractivity contribution in [2.45, 2.75) is 6.42 Å². The van der Waals surface area contributed by atoms with E-state index in [1.165, 1.54) is 6.33 Å². The lowest BCUT2D eigenvalue weighted by atomic mass is 10.2. The first-order valence-electron chi connectivity index (χ1n) is 11.6. The Balaban J connectivity index is 0.00000289. The summed E-state index contributed by atoms with van der Waals surface area (Å²) in [5.41, 5.74) is 2.42. The average molecular weight is 468 g/mol. The number of rotatable bonds is 7. The van der Waals surface area contributed by atoms with Crippen molar-refractivity contribution in [1.29, 1.82) is 0 Å². The summed E-state index contributed by atoms with van der Waals surface area (Å²) < 4.78 is 12.9. The van der Waals surface area contributed by atoms with Gasteiger partial charge < -0.3 is 29.2 Å². The number of aryl methyl sites for hydroxylation is 1. The maximum absolute atomic E-state index is 12.8. The third-order valence-corrected chi connectivity index (χ3v) is 6.95. The monoisotopic (exact) mass is 467 g/mol. The molecule has 0 spiro atoms. The standard InChI is InChI=1S/C24H31N7O3.H2/c1-29-5-7-31(8-6-29)13-16-9-17(16)22(32)28-20-11-15-10-18(30(2)19(15)12-25-20)21-23(33-3)26-14-27-24(21)34-4;/h10-12,14,16-17H,5-9,13H2,1-4H3,(H,25,28,32);1H/t16-,17+;/m1./s1. The average Bonchev–Trinajstić information content (AvgIpc) is 3.55. The Morgan fingerprint density at radius 1 is 1.09 bits per heavy atom. The van der Waals surface area contributed by atoms with Crippen molar-refractivity contribution in [2.24, 2.45) is 18.9 Å². The molecule has 182 valence electrons. The third kappa shape index (κ3) is 4.30. The first-order valence-corrected chi connectivity index (χ1v) is 11.6. The van der Waals surface area contributed by atoms with Crippen LogP contribution in [0, 0.1) is 11.8 Å². The normalized spacial score (nSPS) is 20.9. The molecule has 0 bridgehead atoms. The van der Waals surface area contributed by atoms with Crippen LogP contribution in [0.25, 0.3) is 22.2 Å². The van der Waals surface area contributed by atoms with E-state index in [1.54, 1.807) is 20.4 Å². The van der Waals surface area contributed by atoms with Gasteiger partial charge in [-0.25, -0.2) is 15.0 Å². The molecule has 3 aromatic rings. The van der Waals surface area contributed by atoms with E-state index in [-0.39, 0.29) is 13.3 Å². The summed E-state index contributed by atoms with van der Waals surface area (Å²) in [6, 6.07) is 3.90. The van der Waals surface area contributed by atoms with Crippen molar-refractivity contribution in [2.75, 3.05) is 59.3 Å². The van der Waals surface area contributed by atoms with Crippen molar-refractivity contribution >= 4 is 22.6 Å². The van der Waals surface area contributed by atoms with Crippen LogP contribution in [-0.2, 0) is 11.8 Å². The van der Waals surface area contributed by atoms with Crippen molar-refractivity contribution in [3.05, 3.63) is 24.7 Å². The number of amides is 1. The molecule has 0 unspecified atom stereocenters. The number of piperazine rings is 1. The molecule has 5 rings (SSSR count). The van der Waals surface area contributed by atoms with E-state index in [1.807, 2.05) is 23.7 Å². The lowest BCUT2D eigenvalue weighted by Gasteiger charge is -2.32. The van der Waals surface area contributed by atoms with E-state index in [9.17, 15) is 4.79 Å². The van der Waals surface area contributed by atoms with Crippen molar-refractivity contribution in [1.82, 2.24) is 29.3 Å². The van der Waals surface area contributed by atoms with Gasteiger partial charge in [0, 0.05) is 52.5 Å². The van der Waals surface area contributed by atoms with E-state index in [2.05, 4.69) is 37.1 Å². The fourth-order valence-corrected chi connectivity index (χ4v) is 4.78. The van der Waals surface area contributed by atoms with Crippen LogP contribution in [0.4, 0.5) is 5.82 Å². The van der Waals surface area contributed by atoms with Gasteiger partial charge in [-0.05, 0) is 31.5 Å². The van der Waals surface area contributed by atoms with E-state index >= 15 is 0 Å². The zero-order valence-corrected chi connectivity index (χ0v) is 20.1. The zero-order chi connectivity index (χ0) is 23.8. The van der Waals surface area contributed by atoms with Crippen LogP contribution < -0.4 is 14.8 Å². The van der Waals surface area contributed by atoms with Gasteiger partial charge >= 0.3 is 0 Å². The van der Waals surface area contributed by atoms with Gasteiger partial charge in [0.1, 0.15) is 17.7 Å². The van der Waals surface area contributed by atoms with Gasteiger partial charge in [0.05, 0.1) is 31.6 Å². The summed E-state index contributed by atoms with van der Waals surface area (Å²) in [6.07, 6.45) is 4.13. The van der Waals surface area contributed by atoms with Crippen molar-refractivity contribution in [3.8, 4) is 23.0 Å². The summed E-state index contributed by atoms with van der Waals surface area (Å²) in [5, 5.41) is 3.97. The third-order valence-electron chi connectivity index (χ3n) is 6.95. The molecular formula is C24H33N7O3. The highest BCUT2D eigenvalue weighted by Crippen LogP contribution is 2.41. The number of hydrogen-bond donors (Lipinski definition) is 1. The fraction of sp³-hybridized carbons (Fsp3) is 0.500. The number of carbonyl (C=O) groups excluding carboxylic acids is 1. The predicted molar refractivity (Wildman–Crippen MR) is 131 cm³/mol. The molecule has 10 heteroatoms. The van der Waals surface area contributed by atoms with Crippen LogP contribution in [0.2, 0.25) is 0 Å². The molecule has 1 saturated heterocycles. The molecule has 1 amide bonds. The molecule has 1 N–H and O–H groups in total. The molecule has 3 aromatic heterocycles. The van der Waals surface area contributed by atoms with Crippen molar-refractivity contribution < 1.29 is 15.7 Å². The maximum Gasteiger partial charge on any atom is 0.229 e. The van der Waals surface area contributed by atoms with Crippen LogP contribution in [0.1, 0.15) is 7.85 Å². The molecule has 2 fully saturated rings. The van der Waals surface area contributed by atoms with E-state index < -0.39 is 0 Å². The highest BCUT2D eigenvalue weighted by molar-refractivity contribution is 5.96. The molecule has 2 atom stereocenters. The lowest BCUT2D eigenvalue weighted by molar-refractivity contribution is -0.117. The Kier molecular flexibility index (Phi) is 6.09. The number of aromatic nitrogens is 4. The highest BCUT2D eigenvalue weighted by Gasteiger charge is 2.44. The number of nitrogens with zero attached hydrogens (tertiary/aromatic N) is 6. The van der Waals surface area contributed by atoms with Gasteiger partial charge in [-0.15, -0.1) is 0 Å². The SMILES string of the molecule is COc1ncnc(OC)c1-c1cc2cc(NC(=O)[C@H]3C[C@@H]3CN3CCN(C)CC3)ncc2n1C.[HH]. The summed E-state index contributed by atoms with van der Waals surface area (Å²) in [4.78, 5) is 30.6. The van der Waals surface area contributed by atoms with Crippen LogP contribution in [0.3, 0.4) is 0 Å². The number of fused-ring (bicyclic) bond motifs is 1. The lowest BCUT2D eigenvalue weighted by Crippen LogP contribution is -2.45. The second kappa shape index (κ2) is 9.19. The number of pyridine rings is 1. The summed E-state index contributed by atoms with van der Waals surface area (Å²) in [6.45, 7) is 5.36. The molecule has 0 aromatic carbocycles. The van der Waals surface area contributed by atoms with Crippen LogP contribution in [-0.4, -0.2) is 89.2 Å². The molecule has 1 saturated carbocycles. The Morgan fingerprint density at radius 3 is 2.47 bits per heavy atom. The Morgan fingerprint density at radius 2 is 1.79 bits per heavy atom. The number of nitrogens with one attached hydrogen (secondary N) is 1. The minimum Gasteiger partial charge on any atom is -0.480 e. The van der Waals surface area contributed by atoms with Crippen LogP contribution in [0.15, 0.2) is 24.7 Å². The van der Waals surface area contributed by atoms with E-state index in [0.717, 1.165) is 55.7 Å². The molecule has 2 aliphatic rings. The molecule has 34 heavy (non-hydrogen) atoms. The van der Waals surface area contributed by atoms with Gasteiger partial charge in [0.2, 0.25) is 17.7 Å². The predicted octanol–water partition coefficient (Wildman–Crippen LogP) is 2.12. The first kappa shape index (κ1) is 22.5. The number of anilines is 1. The molecule has 10 nitrogen and oxygen atoms in total. The quantitative estimate of drug-likeness (QED) is 0.564. The summed E-state index contributed by atoms with van der Waals surface area (Å²) in [7, 11) is 7.23. The second-order valence-corrected chi connectivity index (χ2v) is 9.18. The molecule has 4 heterocycles. The van der Waals surface area contributed by atoms with Gasteiger partial charge in [0.15, 0.2) is 0 Å². The number of ether oxygens (including phenoxy) is 2. The first-order chi connectivity index (χ1) is 16.5. The zero-order valence-electron chi connectivity index (χ0n) is 20.1. The van der Waals surface area contributed by atoms with E-state index in [4.69, 9.17) is 9.47 Å². The fourth-order valence-electron chi connectivity index (χ4n) is 4.78. The van der Waals surface area contributed by atoms with Gasteiger partial charge in [0.25, 0.3) is 0 Å². The van der Waals surface area contributed by atoms with Gasteiger partial charge in [-0.1, -0.05) is 0 Å². The molecular weight excluding hydrogens is 434 g/mol. The Labute approximate surface area is 200 Å². The number of carbonyl (C=O) groups is 1. The van der Waals surface area contributed by atoms with Crippen LogP contribution in [0.5, 0.6) is 11.8 Å². The number of methoxy groups -OCH3 is 2. The molecule has 1 aliphatic heterocycles. The Bertz CT molecular complexity index is 1190. The summed E-state index contributed by atoms with van der Waals surface area (Å²) in [5.74, 6) is 1.98. The van der Waals surface area contributed by atoms with Crippen LogP contribution >= 0.6 is 0 Å². The van der Waals surface area contributed by atoms with Gasteiger partial charge in [-0.2, -0.15) is 0 Å². The minimum absolute atomic E-state index is 0. The second-order valence-electron chi connectivity index (χ2n) is 9.18. The van der Waals surface area contributed by atoms with Crippen molar-refractivity contribution in [3.63, 3.8) is 0 Å². The largest absolute Gasteiger partial charge is 0.480 e. The smallest absolute Gasteiger partial charge is 0.229 e. The molecule has 0 radical (unpaired) electrons. The number of hydrogen-bond acceptors (Lipinski definition) is 8. The van der Waals surface area contributed by atoms with Gasteiger partial charge in [-0.3, -0.25) is 4.79 Å². The maximum atomic E-state index is 12.8. The highest BCUT2D eigenvalue weighted by atomic mass is 16.5. The van der Waals surface area contributed by atoms with E-state index in [0.29, 0.717) is 29.1 Å².